The Hall–Kier alpha value is -1.59. The molecule has 0 N–H and O–H groups in total. The highest BCUT2D eigenvalue weighted by molar-refractivity contribution is 5.94. The molecule has 5 heteroatoms. The molecule has 3 rings (SSSR count). The van der Waals surface area contributed by atoms with Gasteiger partial charge in [-0.25, -0.2) is 0 Å². The lowest BCUT2D eigenvalue weighted by Crippen LogP contribution is -2.44. The predicted octanol–water partition coefficient (Wildman–Crippen LogP) is 2.08. The highest BCUT2D eigenvalue weighted by Gasteiger charge is 2.22. The van der Waals surface area contributed by atoms with Crippen LogP contribution in [0.2, 0.25) is 0 Å². The molecule has 0 radical (unpaired) electrons. The van der Waals surface area contributed by atoms with Gasteiger partial charge >= 0.3 is 0 Å². The van der Waals surface area contributed by atoms with Crippen LogP contribution in [-0.2, 0) is 4.74 Å². The van der Waals surface area contributed by atoms with Crippen molar-refractivity contribution in [2.24, 2.45) is 0 Å². The van der Waals surface area contributed by atoms with Crippen LogP contribution < -0.4 is 4.90 Å². The van der Waals surface area contributed by atoms with Gasteiger partial charge in [-0.05, 0) is 51.1 Å². The van der Waals surface area contributed by atoms with Crippen molar-refractivity contribution in [3.8, 4) is 0 Å². The molecular formula is C19H29N3O2. The van der Waals surface area contributed by atoms with Crippen LogP contribution in [0, 0.1) is 0 Å². The second-order valence-electron chi connectivity index (χ2n) is 6.82. The van der Waals surface area contributed by atoms with Crippen LogP contribution in [0.4, 0.5) is 5.69 Å². The van der Waals surface area contributed by atoms with Crippen molar-refractivity contribution in [3.63, 3.8) is 0 Å². The molecule has 0 unspecified atom stereocenters. The zero-order chi connectivity index (χ0) is 16.9. The van der Waals surface area contributed by atoms with Gasteiger partial charge in [0, 0.05) is 57.1 Å². The first kappa shape index (κ1) is 17.2. The van der Waals surface area contributed by atoms with Crippen molar-refractivity contribution in [1.82, 2.24) is 9.80 Å². The summed E-state index contributed by atoms with van der Waals surface area (Å²) >= 11 is 0. The van der Waals surface area contributed by atoms with E-state index in [4.69, 9.17) is 4.74 Å². The molecule has 0 bridgehead atoms. The third-order valence-corrected chi connectivity index (χ3v) is 5.10. The van der Waals surface area contributed by atoms with Crippen LogP contribution in [0.15, 0.2) is 24.3 Å². The lowest BCUT2D eigenvalue weighted by atomic mass is 10.1. The quantitative estimate of drug-likeness (QED) is 0.828. The number of nitrogens with zero attached hydrogens (tertiary/aromatic N) is 3. The average molecular weight is 331 g/mol. The number of piperazine rings is 1. The van der Waals surface area contributed by atoms with Crippen LogP contribution >= 0.6 is 0 Å². The summed E-state index contributed by atoms with van der Waals surface area (Å²) in [5.41, 5.74) is 1.98. The second-order valence-corrected chi connectivity index (χ2v) is 6.82. The lowest BCUT2D eigenvalue weighted by molar-refractivity contribution is 0.0539. The number of ether oxygens (including phenoxy) is 1. The zero-order valence-electron chi connectivity index (χ0n) is 14.9. The molecule has 0 aliphatic carbocycles. The van der Waals surface area contributed by atoms with Crippen LogP contribution in [-0.4, -0.2) is 74.7 Å². The fraction of sp³-hybridized carbons (Fsp3) is 0.632. The molecule has 1 aromatic carbocycles. The van der Waals surface area contributed by atoms with Gasteiger partial charge in [-0.15, -0.1) is 0 Å². The maximum absolute atomic E-state index is 12.7. The van der Waals surface area contributed by atoms with Crippen molar-refractivity contribution in [2.45, 2.75) is 25.9 Å². The summed E-state index contributed by atoms with van der Waals surface area (Å²) in [4.78, 5) is 19.4. The topological polar surface area (TPSA) is 36.0 Å². The van der Waals surface area contributed by atoms with Gasteiger partial charge in [-0.3, -0.25) is 4.79 Å². The number of carbonyl (C=O) groups excluding carboxylic acids is 1. The Labute approximate surface area is 145 Å². The summed E-state index contributed by atoms with van der Waals surface area (Å²) in [6, 6.07) is 8.10. The predicted molar refractivity (Wildman–Crippen MR) is 96.7 cm³/mol. The van der Waals surface area contributed by atoms with Crippen molar-refractivity contribution in [3.05, 3.63) is 29.8 Å². The average Bonchev–Trinajstić information content (AvgIpc) is 3.13. The van der Waals surface area contributed by atoms with Gasteiger partial charge < -0.3 is 19.4 Å². The summed E-state index contributed by atoms with van der Waals surface area (Å²) in [6.07, 6.45) is 2.38. The van der Waals surface area contributed by atoms with Crippen LogP contribution in [0.25, 0.3) is 0 Å². The van der Waals surface area contributed by atoms with Crippen molar-refractivity contribution >= 4 is 11.6 Å². The van der Waals surface area contributed by atoms with Gasteiger partial charge in [0.05, 0.1) is 6.10 Å². The minimum absolute atomic E-state index is 0.109. The molecule has 2 aliphatic rings. The van der Waals surface area contributed by atoms with Gasteiger partial charge in [-0.2, -0.15) is 0 Å². The molecular weight excluding hydrogens is 302 g/mol. The second kappa shape index (κ2) is 7.99. The summed E-state index contributed by atoms with van der Waals surface area (Å²) < 4.78 is 5.67. The Morgan fingerprint density at radius 2 is 1.92 bits per heavy atom. The number of benzene rings is 1. The first-order valence-corrected chi connectivity index (χ1v) is 9.12. The lowest BCUT2D eigenvalue weighted by Gasteiger charge is -2.34. The van der Waals surface area contributed by atoms with E-state index >= 15 is 0 Å². The zero-order valence-corrected chi connectivity index (χ0v) is 14.9. The summed E-state index contributed by atoms with van der Waals surface area (Å²) in [6.45, 7) is 8.56. The number of anilines is 1. The van der Waals surface area contributed by atoms with Crippen molar-refractivity contribution in [2.75, 3.05) is 57.8 Å². The molecule has 0 aromatic heterocycles. The standard InChI is InChI=1S/C19H29N3O2/c1-3-21(15-18-5-4-14-24-18)19(23)16-6-8-17(9-7-16)22-12-10-20(2)11-13-22/h6-9,18H,3-5,10-15H2,1-2H3/t18-/m0/s1. The number of rotatable bonds is 5. The number of amides is 1. The van der Waals surface area contributed by atoms with Gasteiger partial charge in [-0.1, -0.05) is 0 Å². The molecule has 2 saturated heterocycles. The molecule has 1 aromatic rings. The van der Waals surface area contributed by atoms with E-state index < -0.39 is 0 Å². The normalized spacial score (nSPS) is 21.9. The van der Waals surface area contributed by atoms with Crippen molar-refractivity contribution < 1.29 is 9.53 Å². The first-order valence-electron chi connectivity index (χ1n) is 9.12. The fourth-order valence-corrected chi connectivity index (χ4v) is 3.45. The molecule has 2 heterocycles. The molecule has 0 saturated carbocycles. The van der Waals surface area contributed by atoms with Crippen molar-refractivity contribution in [1.29, 1.82) is 0 Å². The summed E-state index contributed by atoms with van der Waals surface area (Å²) in [5.74, 6) is 0.109. The largest absolute Gasteiger partial charge is 0.376 e. The molecule has 132 valence electrons. The fourth-order valence-electron chi connectivity index (χ4n) is 3.45. The molecule has 1 atom stereocenters. The van der Waals surface area contributed by atoms with Crippen LogP contribution in [0.5, 0.6) is 0 Å². The van der Waals surface area contributed by atoms with Gasteiger partial charge in [0.2, 0.25) is 0 Å². The van der Waals surface area contributed by atoms with Crippen LogP contribution in [0.3, 0.4) is 0 Å². The van der Waals surface area contributed by atoms with E-state index in [0.717, 1.165) is 57.7 Å². The minimum Gasteiger partial charge on any atom is -0.376 e. The van der Waals surface area contributed by atoms with E-state index in [2.05, 4.69) is 29.0 Å². The number of likely N-dealkylation sites (N-methyl/N-ethyl adjacent to an activating group) is 2. The smallest absolute Gasteiger partial charge is 0.253 e. The molecule has 5 nitrogen and oxygen atoms in total. The Balaban J connectivity index is 1.61. The number of hydrogen-bond donors (Lipinski definition) is 0. The number of carbonyl (C=O) groups is 1. The highest BCUT2D eigenvalue weighted by Crippen LogP contribution is 2.19. The third kappa shape index (κ3) is 4.08. The molecule has 24 heavy (non-hydrogen) atoms. The van der Waals surface area contributed by atoms with Gasteiger partial charge in [0.1, 0.15) is 0 Å². The van der Waals surface area contributed by atoms with E-state index in [0.29, 0.717) is 6.54 Å². The first-order chi connectivity index (χ1) is 11.7. The molecule has 0 spiro atoms. The minimum atomic E-state index is 0.109. The van der Waals surface area contributed by atoms with E-state index in [1.807, 2.05) is 24.0 Å². The Bertz CT molecular complexity index is 532. The molecule has 2 aliphatic heterocycles. The third-order valence-electron chi connectivity index (χ3n) is 5.10. The molecule has 1 amide bonds. The Kier molecular flexibility index (Phi) is 5.74. The SMILES string of the molecule is CCN(C[C@@H]1CCCO1)C(=O)c1ccc(N2CCN(C)CC2)cc1. The monoisotopic (exact) mass is 331 g/mol. The Morgan fingerprint density at radius 3 is 2.50 bits per heavy atom. The van der Waals surface area contributed by atoms with Gasteiger partial charge in [0.25, 0.3) is 5.91 Å². The Morgan fingerprint density at radius 1 is 1.21 bits per heavy atom. The van der Waals surface area contributed by atoms with E-state index in [1.165, 1.54) is 5.69 Å². The summed E-state index contributed by atoms with van der Waals surface area (Å²) in [7, 11) is 2.16. The molecule has 2 fully saturated rings. The van der Waals surface area contributed by atoms with E-state index in [-0.39, 0.29) is 12.0 Å². The van der Waals surface area contributed by atoms with Crippen LogP contribution in [0.1, 0.15) is 30.1 Å². The summed E-state index contributed by atoms with van der Waals surface area (Å²) in [5, 5.41) is 0. The highest BCUT2D eigenvalue weighted by atomic mass is 16.5. The maximum atomic E-state index is 12.7. The maximum Gasteiger partial charge on any atom is 0.253 e. The number of hydrogen-bond acceptors (Lipinski definition) is 4. The van der Waals surface area contributed by atoms with E-state index in [1.54, 1.807) is 0 Å². The van der Waals surface area contributed by atoms with E-state index in [9.17, 15) is 4.79 Å². The van der Waals surface area contributed by atoms with Gasteiger partial charge in [0.15, 0.2) is 0 Å².